The van der Waals surface area contributed by atoms with Gasteiger partial charge in [-0.2, -0.15) is 0 Å². The van der Waals surface area contributed by atoms with E-state index in [1.54, 1.807) is 0 Å². The van der Waals surface area contributed by atoms with E-state index in [-0.39, 0.29) is 0 Å². The molecule has 3 N–H and O–H groups in total. The van der Waals surface area contributed by atoms with Crippen molar-refractivity contribution >= 4 is 10.9 Å². The molecule has 0 fully saturated rings. The first kappa shape index (κ1) is 17.4. The monoisotopic (exact) mass is 354 g/mol. The predicted octanol–water partition coefficient (Wildman–Crippen LogP) is 4.83. The summed E-state index contributed by atoms with van der Waals surface area (Å²) >= 11 is 0. The molecule has 4 rings (SSSR count). The molecular formula is C24H24N3+. The fourth-order valence-electron chi connectivity index (χ4n) is 3.46. The van der Waals surface area contributed by atoms with Crippen molar-refractivity contribution in [3.63, 3.8) is 0 Å². The Morgan fingerprint density at radius 1 is 0.889 bits per heavy atom. The molecule has 0 aliphatic heterocycles. The van der Waals surface area contributed by atoms with Crippen LogP contribution in [-0.4, -0.2) is 9.97 Å². The summed E-state index contributed by atoms with van der Waals surface area (Å²) in [7, 11) is 0. The van der Waals surface area contributed by atoms with Gasteiger partial charge in [0.05, 0.1) is 23.4 Å². The van der Waals surface area contributed by atoms with Gasteiger partial charge in [0.15, 0.2) is 0 Å². The van der Waals surface area contributed by atoms with Gasteiger partial charge in [-0.3, -0.25) is 4.98 Å². The van der Waals surface area contributed by atoms with E-state index in [1.807, 2.05) is 18.3 Å². The highest BCUT2D eigenvalue weighted by Crippen LogP contribution is 2.35. The Kier molecular flexibility index (Phi) is 4.69. The Balaban J connectivity index is 2.01. The molecule has 3 nitrogen and oxygen atoms in total. The summed E-state index contributed by atoms with van der Waals surface area (Å²) < 4.78 is 0. The van der Waals surface area contributed by atoms with Gasteiger partial charge in [-0.05, 0) is 23.6 Å². The number of rotatable bonds is 4. The second-order valence-electron chi connectivity index (χ2n) is 7.12. The van der Waals surface area contributed by atoms with Gasteiger partial charge in [-0.25, -0.2) is 4.98 Å². The van der Waals surface area contributed by atoms with E-state index >= 15 is 0 Å². The summed E-state index contributed by atoms with van der Waals surface area (Å²) in [6.07, 6.45) is 1.86. The molecule has 4 aromatic rings. The number of hydrogen-bond acceptors (Lipinski definition) is 2. The van der Waals surface area contributed by atoms with Crippen molar-refractivity contribution in [1.29, 1.82) is 0 Å². The second kappa shape index (κ2) is 7.29. The molecule has 0 saturated carbocycles. The van der Waals surface area contributed by atoms with Gasteiger partial charge in [0.2, 0.25) is 0 Å². The van der Waals surface area contributed by atoms with Gasteiger partial charge in [-0.1, -0.05) is 68.4 Å². The molecule has 0 amide bonds. The maximum absolute atomic E-state index is 5.06. The summed E-state index contributed by atoms with van der Waals surface area (Å²) in [5, 5.41) is 1.13. The normalized spacial score (nSPS) is 11.3. The van der Waals surface area contributed by atoms with E-state index in [0.29, 0.717) is 5.92 Å². The molecule has 27 heavy (non-hydrogen) atoms. The van der Waals surface area contributed by atoms with E-state index in [2.05, 4.69) is 79.2 Å². The minimum atomic E-state index is 0.348. The van der Waals surface area contributed by atoms with E-state index in [4.69, 9.17) is 4.98 Å². The van der Waals surface area contributed by atoms with Crippen LogP contribution in [-0.2, 0) is 6.54 Å². The van der Waals surface area contributed by atoms with Crippen LogP contribution in [0.25, 0.3) is 33.3 Å². The third kappa shape index (κ3) is 3.34. The number of hydrogen-bond donors (Lipinski definition) is 1. The summed E-state index contributed by atoms with van der Waals surface area (Å²) in [5.41, 5.74) is 11.7. The maximum atomic E-state index is 5.06. The van der Waals surface area contributed by atoms with Crippen LogP contribution < -0.4 is 5.73 Å². The molecule has 0 bridgehead atoms. The standard InChI is InChI=1S/C24H23N3/c1-16(2)23-21-14-20(18-6-4-3-5-7-18)24(27-22(21)12-13-26-23)19-10-8-17(15-25)9-11-19/h3-14,16H,15,25H2,1-2H3/p+1. The number of quaternary nitrogens is 1. The lowest BCUT2D eigenvalue weighted by Crippen LogP contribution is -2.47. The average molecular weight is 354 g/mol. The van der Waals surface area contributed by atoms with Crippen LogP contribution in [0.4, 0.5) is 0 Å². The predicted molar refractivity (Wildman–Crippen MR) is 111 cm³/mol. The zero-order valence-electron chi connectivity index (χ0n) is 15.8. The van der Waals surface area contributed by atoms with Gasteiger partial charge in [0, 0.05) is 28.3 Å². The Morgan fingerprint density at radius 3 is 2.30 bits per heavy atom. The number of fused-ring (bicyclic) bond motifs is 1. The molecule has 0 radical (unpaired) electrons. The van der Waals surface area contributed by atoms with Gasteiger partial charge in [-0.15, -0.1) is 0 Å². The first-order chi connectivity index (χ1) is 13.2. The Labute approximate surface area is 159 Å². The number of benzene rings is 2. The molecule has 0 atom stereocenters. The zero-order valence-corrected chi connectivity index (χ0v) is 15.8. The third-order valence-corrected chi connectivity index (χ3v) is 4.92. The van der Waals surface area contributed by atoms with Crippen molar-refractivity contribution in [3.8, 4) is 22.4 Å². The molecule has 2 heterocycles. The average Bonchev–Trinajstić information content (AvgIpc) is 2.73. The van der Waals surface area contributed by atoms with Crippen LogP contribution in [0.3, 0.4) is 0 Å². The van der Waals surface area contributed by atoms with Crippen molar-refractivity contribution in [2.45, 2.75) is 26.3 Å². The van der Waals surface area contributed by atoms with Crippen LogP contribution in [0.1, 0.15) is 31.0 Å². The minimum Gasteiger partial charge on any atom is -0.354 e. The van der Waals surface area contributed by atoms with E-state index in [9.17, 15) is 0 Å². The molecular weight excluding hydrogens is 330 g/mol. The molecule has 134 valence electrons. The van der Waals surface area contributed by atoms with Gasteiger partial charge < -0.3 is 5.73 Å². The van der Waals surface area contributed by atoms with Crippen molar-refractivity contribution in [2.75, 3.05) is 0 Å². The third-order valence-electron chi connectivity index (χ3n) is 4.92. The van der Waals surface area contributed by atoms with E-state index in [1.165, 1.54) is 11.1 Å². The molecule has 3 heteroatoms. The summed E-state index contributed by atoms with van der Waals surface area (Å²) in [6, 6.07) is 23.3. The Bertz CT molecular complexity index is 1070. The fourth-order valence-corrected chi connectivity index (χ4v) is 3.46. The quantitative estimate of drug-likeness (QED) is 0.571. The zero-order chi connectivity index (χ0) is 18.8. The lowest BCUT2D eigenvalue weighted by atomic mass is 9.95. The molecule has 2 aromatic heterocycles. The minimum absolute atomic E-state index is 0.348. The van der Waals surface area contributed by atoms with Crippen LogP contribution in [0.15, 0.2) is 72.9 Å². The van der Waals surface area contributed by atoms with Gasteiger partial charge in [0.1, 0.15) is 0 Å². The highest BCUT2D eigenvalue weighted by Gasteiger charge is 2.15. The summed E-state index contributed by atoms with van der Waals surface area (Å²) in [6.45, 7) is 5.14. The molecule has 0 aliphatic rings. The largest absolute Gasteiger partial charge is 0.354 e. The number of nitrogens with zero attached hydrogens (tertiary/aromatic N) is 2. The Morgan fingerprint density at radius 2 is 1.63 bits per heavy atom. The Hall–Kier alpha value is -3.04. The summed E-state index contributed by atoms with van der Waals surface area (Å²) in [5.74, 6) is 0.348. The molecule has 0 unspecified atom stereocenters. The lowest BCUT2D eigenvalue weighted by molar-refractivity contribution is -0.386. The number of aromatic nitrogens is 2. The smallest absolute Gasteiger partial charge is 0.0997 e. The molecule has 2 aromatic carbocycles. The van der Waals surface area contributed by atoms with E-state index < -0.39 is 0 Å². The van der Waals surface area contributed by atoms with E-state index in [0.717, 1.165) is 40.0 Å². The fraction of sp³-hybridized carbons (Fsp3) is 0.167. The van der Waals surface area contributed by atoms with Crippen LogP contribution in [0.2, 0.25) is 0 Å². The highest BCUT2D eigenvalue weighted by atomic mass is 14.7. The van der Waals surface area contributed by atoms with Crippen LogP contribution in [0, 0.1) is 0 Å². The maximum Gasteiger partial charge on any atom is 0.0997 e. The summed E-state index contributed by atoms with van der Waals surface area (Å²) in [4.78, 5) is 9.68. The highest BCUT2D eigenvalue weighted by molar-refractivity contribution is 5.92. The number of pyridine rings is 2. The molecule has 0 spiro atoms. The van der Waals surface area contributed by atoms with Crippen molar-refractivity contribution in [2.24, 2.45) is 0 Å². The van der Waals surface area contributed by atoms with Gasteiger partial charge >= 0.3 is 0 Å². The van der Waals surface area contributed by atoms with Crippen molar-refractivity contribution in [3.05, 3.63) is 84.2 Å². The van der Waals surface area contributed by atoms with Crippen molar-refractivity contribution < 1.29 is 5.73 Å². The van der Waals surface area contributed by atoms with Crippen molar-refractivity contribution in [1.82, 2.24) is 9.97 Å². The van der Waals surface area contributed by atoms with Crippen LogP contribution >= 0.6 is 0 Å². The molecule has 0 aliphatic carbocycles. The first-order valence-electron chi connectivity index (χ1n) is 9.41. The van der Waals surface area contributed by atoms with Crippen LogP contribution in [0.5, 0.6) is 0 Å². The first-order valence-corrected chi connectivity index (χ1v) is 9.41. The SMILES string of the molecule is CC(C)c1nccc2nc(-c3ccc(C[NH3+])cc3)c(-c3ccccc3)cc12. The second-order valence-corrected chi connectivity index (χ2v) is 7.12. The lowest BCUT2D eigenvalue weighted by Gasteiger charge is -2.14. The topological polar surface area (TPSA) is 53.4 Å². The van der Waals surface area contributed by atoms with Gasteiger partial charge in [0.25, 0.3) is 0 Å². The molecule has 0 saturated heterocycles.